The summed E-state index contributed by atoms with van der Waals surface area (Å²) >= 11 is 0. The first-order chi connectivity index (χ1) is 17.3. The maximum absolute atomic E-state index is 13.1. The monoisotopic (exact) mass is 534 g/mol. The lowest BCUT2D eigenvalue weighted by atomic mass is 9.99. The van der Waals surface area contributed by atoms with Crippen molar-refractivity contribution in [3.63, 3.8) is 0 Å². The number of benzene rings is 2. The Hall–Kier alpha value is -3.28. The second-order valence-electron chi connectivity index (χ2n) is 8.50. The van der Waals surface area contributed by atoms with Gasteiger partial charge in [-0.05, 0) is 42.2 Å². The highest BCUT2D eigenvalue weighted by Crippen LogP contribution is 2.36. The van der Waals surface area contributed by atoms with Crippen molar-refractivity contribution in [1.82, 2.24) is 10.2 Å². The Morgan fingerprint density at radius 1 is 0.973 bits per heavy atom. The highest BCUT2D eigenvalue weighted by molar-refractivity contribution is 5.75. The van der Waals surface area contributed by atoms with Crippen LogP contribution in [0.3, 0.4) is 0 Å². The standard InChI is InChI=1S/C25H28F6N2O4/c1-33(22(34)9-5-6-10-32-23(35)36)14-19(18-7-3-2-4-8-18)16-37-15-17-11-20(24(26,27)28)13-21(12-17)25(29,30)31/h2-4,7-8,11-13,19,32H,5-6,9-10,14-16H2,1H3,(H,35,36). The number of nitrogens with zero attached hydrogens (tertiary/aromatic N) is 1. The van der Waals surface area contributed by atoms with Gasteiger partial charge in [0.05, 0.1) is 24.3 Å². The Kier molecular flexibility index (Phi) is 10.8. The number of carbonyl (C=O) groups excluding carboxylic acids is 1. The predicted molar refractivity (Wildman–Crippen MR) is 123 cm³/mol. The number of amides is 2. The summed E-state index contributed by atoms with van der Waals surface area (Å²) in [5.41, 5.74) is -2.31. The van der Waals surface area contributed by atoms with Gasteiger partial charge in [0, 0.05) is 32.5 Å². The lowest BCUT2D eigenvalue weighted by Gasteiger charge is -2.25. The molecule has 0 fully saturated rings. The summed E-state index contributed by atoms with van der Waals surface area (Å²) in [6, 6.07) is 10.2. The third-order valence-electron chi connectivity index (χ3n) is 5.52. The maximum atomic E-state index is 13.1. The number of likely N-dealkylation sites (N-methyl/N-ethyl adjacent to an activating group) is 1. The first kappa shape index (κ1) is 29.9. The summed E-state index contributed by atoms with van der Waals surface area (Å²) < 4.78 is 84.3. The molecular formula is C25H28F6N2O4. The number of hydrogen-bond donors (Lipinski definition) is 2. The van der Waals surface area contributed by atoms with E-state index in [9.17, 15) is 35.9 Å². The molecule has 1 atom stereocenters. The molecule has 0 aliphatic rings. The van der Waals surface area contributed by atoms with Crippen LogP contribution in [0.2, 0.25) is 0 Å². The number of hydrogen-bond acceptors (Lipinski definition) is 3. The van der Waals surface area contributed by atoms with E-state index < -0.39 is 42.1 Å². The van der Waals surface area contributed by atoms with Crippen LogP contribution in [0.4, 0.5) is 31.1 Å². The molecule has 0 aliphatic carbocycles. The first-order valence-corrected chi connectivity index (χ1v) is 11.4. The van der Waals surface area contributed by atoms with E-state index in [0.717, 1.165) is 5.56 Å². The Bertz CT molecular complexity index is 996. The third kappa shape index (κ3) is 10.3. The molecule has 37 heavy (non-hydrogen) atoms. The van der Waals surface area contributed by atoms with Crippen molar-refractivity contribution in [3.8, 4) is 0 Å². The molecule has 6 nitrogen and oxygen atoms in total. The zero-order valence-corrected chi connectivity index (χ0v) is 20.0. The number of halogens is 6. The van der Waals surface area contributed by atoms with Gasteiger partial charge < -0.3 is 20.1 Å². The molecule has 0 spiro atoms. The molecule has 0 bridgehead atoms. The molecular weight excluding hydrogens is 506 g/mol. The number of carbonyl (C=O) groups is 2. The normalized spacial score (nSPS) is 12.7. The van der Waals surface area contributed by atoms with E-state index in [1.54, 1.807) is 37.4 Å². The molecule has 12 heteroatoms. The molecule has 1 unspecified atom stereocenters. The summed E-state index contributed by atoms with van der Waals surface area (Å²) in [5, 5.41) is 10.8. The molecule has 0 radical (unpaired) electrons. The summed E-state index contributed by atoms with van der Waals surface area (Å²) in [4.78, 5) is 24.4. The van der Waals surface area contributed by atoms with Gasteiger partial charge in [0.2, 0.25) is 5.91 Å². The molecule has 0 saturated carbocycles. The number of ether oxygens (including phenoxy) is 1. The van der Waals surface area contributed by atoms with Crippen molar-refractivity contribution in [2.24, 2.45) is 0 Å². The van der Waals surface area contributed by atoms with Crippen LogP contribution in [-0.4, -0.2) is 48.8 Å². The van der Waals surface area contributed by atoms with Gasteiger partial charge in [0.1, 0.15) is 0 Å². The van der Waals surface area contributed by atoms with Gasteiger partial charge in [0.15, 0.2) is 0 Å². The molecule has 2 aromatic rings. The van der Waals surface area contributed by atoms with E-state index in [1.165, 1.54) is 4.90 Å². The lowest BCUT2D eigenvalue weighted by molar-refractivity contribution is -0.143. The minimum Gasteiger partial charge on any atom is -0.465 e. The van der Waals surface area contributed by atoms with Gasteiger partial charge in [-0.1, -0.05) is 30.3 Å². The van der Waals surface area contributed by atoms with Crippen LogP contribution < -0.4 is 5.32 Å². The number of alkyl halides is 6. The quantitative estimate of drug-likeness (QED) is 0.262. The van der Waals surface area contributed by atoms with E-state index in [4.69, 9.17) is 9.84 Å². The molecule has 2 N–H and O–H groups in total. The molecule has 2 aromatic carbocycles. The number of carboxylic acid groups (broad SMARTS) is 1. The second kappa shape index (κ2) is 13.3. The largest absolute Gasteiger partial charge is 0.465 e. The lowest BCUT2D eigenvalue weighted by Crippen LogP contribution is -2.32. The molecule has 204 valence electrons. The Morgan fingerprint density at radius 3 is 2.11 bits per heavy atom. The fraction of sp³-hybridized carbons (Fsp3) is 0.440. The van der Waals surface area contributed by atoms with Crippen LogP contribution in [0.25, 0.3) is 0 Å². The first-order valence-electron chi connectivity index (χ1n) is 11.4. The topological polar surface area (TPSA) is 78.9 Å². The fourth-order valence-electron chi connectivity index (χ4n) is 3.62. The van der Waals surface area contributed by atoms with Crippen molar-refractivity contribution >= 4 is 12.0 Å². The van der Waals surface area contributed by atoms with E-state index >= 15 is 0 Å². The third-order valence-corrected chi connectivity index (χ3v) is 5.52. The Balaban J connectivity index is 2.05. The summed E-state index contributed by atoms with van der Waals surface area (Å²) in [6.07, 6.45) is -9.91. The zero-order valence-electron chi connectivity index (χ0n) is 20.0. The molecule has 0 aromatic heterocycles. The minimum absolute atomic E-state index is 0.0538. The Morgan fingerprint density at radius 2 is 1.57 bits per heavy atom. The summed E-state index contributed by atoms with van der Waals surface area (Å²) in [6.45, 7) is -0.114. The fourth-order valence-corrected chi connectivity index (χ4v) is 3.62. The van der Waals surface area contributed by atoms with Crippen LogP contribution in [0.5, 0.6) is 0 Å². The van der Waals surface area contributed by atoms with Gasteiger partial charge >= 0.3 is 18.4 Å². The van der Waals surface area contributed by atoms with Gasteiger partial charge in [-0.25, -0.2) is 4.79 Å². The summed E-state index contributed by atoms with van der Waals surface area (Å²) in [5.74, 6) is -0.583. The average Bonchev–Trinajstić information content (AvgIpc) is 2.82. The van der Waals surface area contributed by atoms with Crippen LogP contribution in [0.15, 0.2) is 48.5 Å². The molecule has 0 aliphatic heterocycles. The highest BCUT2D eigenvalue weighted by atomic mass is 19.4. The maximum Gasteiger partial charge on any atom is 0.416 e. The van der Waals surface area contributed by atoms with Crippen molar-refractivity contribution < 1.29 is 45.8 Å². The van der Waals surface area contributed by atoms with Gasteiger partial charge in [0.25, 0.3) is 0 Å². The van der Waals surface area contributed by atoms with E-state index in [0.29, 0.717) is 25.0 Å². The molecule has 2 amide bonds. The van der Waals surface area contributed by atoms with E-state index in [1.807, 2.05) is 0 Å². The number of rotatable bonds is 12. The Labute approximate surface area is 210 Å². The van der Waals surface area contributed by atoms with Crippen LogP contribution in [0, 0.1) is 0 Å². The van der Waals surface area contributed by atoms with Gasteiger partial charge in [-0.2, -0.15) is 26.3 Å². The van der Waals surface area contributed by atoms with E-state index in [-0.39, 0.29) is 43.7 Å². The highest BCUT2D eigenvalue weighted by Gasteiger charge is 2.36. The average molecular weight is 534 g/mol. The molecule has 0 saturated heterocycles. The molecule has 2 rings (SSSR count). The van der Waals surface area contributed by atoms with Gasteiger partial charge in [-0.3, -0.25) is 4.79 Å². The van der Waals surface area contributed by atoms with Crippen LogP contribution in [-0.2, 0) is 28.5 Å². The molecule has 0 heterocycles. The SMILES string of the molecule is CN(CC(COCc1cc(C(F)(F)F)cc(C(F)(F)F)c1)c1ccccc1)C(=O)CCCCNC(=O)O. The number of nitrogens with one attached hydrogen (secondary N) is 1. The number of unbranched alkanes of at least 4 members (excludes halogenated alkanes) is 1. The zero-order chi connectivity index (χ0) is 27.6. The minimum atomic E-state index is -4.95. The second-order valence-corrected chi connectivity index (χ2v) is 8.50. The van der Waals surface area contributed by atoms with Crippen molar-refractivity contribution in [3.05, 3.63) is 70.8 Å². The van der Waals surface area contributed by atoms with Crippen molar-refractivity contribution in [2.75, 3.05) is 26.7 Å². The van der Waals surface area contributed by atoms with Gasteiger partial charge in [-0.15, -0.1) is 0 Å². The van der Waals surface area contributed by atoms with Crippen molar-refractivity contribution in [1.29, 1.82) is 0 Å². The predicted octanol–water partition coefficient (Wildman–Crippen LogP) is 5.92. The van der Waals surface area contributed by atoms with E-state index in [2.05, 4.69) is 5.32 Å². The smallest absolute Gasteiger partial charge is 0.416 e. The van der Waals surface area contributed by atoms with Crippen LogP contribution in [0.1, 0.15) is 47.4 Å². The summed E-state index contributed by atoms with van der Waals surface area (Å²) in [7, 11) is 1.58. The van der Waals surface area contributed by atoms with Crippen molar-refractivity contribution in [2.45, 2.75) is 44.1 Å². The van der Waals surface area contributed by atoms with Crippen LogP contribution >= 0.6 is 0 Å².